The van der Waals surface area contributed by atoms with Crippen molar-refractivity contribution in [2.24, 2.45) is 5.92 Å². The Morgan fingerprint density at radius 1 is 1.25 bits per heavy atom. The molecule has 2 fully saturated rings. The molecular formula is C14H27NS. The van der Waals surface area contributed by atoms with E-state index < -0.39 is 0 Å². The number of hydrogen-bond donors (Lipinski definition) is 1. The summed E-state index contributed by atoms with van der Waals surface area (Å²) in [5.41, 5.74) is 0. The van der Waals surface area contributed by atoms with Crippen LogP contribution in [-0.4, -0.2) is 16.7 Å². The Balaban J connectivity index is 1.91. The fraction of sp³-hybridized carbons (Fsp3) is 1.00. The number of thioether (sulfide) groups is 1. The van der Waals surface area contributed by atoms with Crippen LogP contribution >= 0.6 is 11.8 Å². The van der Waals surface area contributed by atoms with Gasteiger partial charge in [0.2, 0.25) is 0 Å². The highest BCUT2D eigenvalue weighted by Crippen LogP contribution is 2.42. The van der Waals surface area contributed by atoms with Crippen molar-refractivity contribution in [2.45, 2.75) is 76.1 Å². The van der Waals surface area contributed by atoms with Crippen molar-refractivity contribution in [1.82, 2.24) is 5.32 Å². The summed E-state index contributed by atoms with van der Waals surface area (Å²) in [6, 6.07) is 0.740. The first-order valence-corrected chi connectivity index (χ1v) is 8.14. The fourth-order valence-electron chi connectivity index (χ4n) is 3.36. The van der Waals surface area contributed by atoms with Crippen LogP contribution in [0.2, 0.25) is 0 Å². The van der Waals surface area contributed by atoms with Gasteiger partial charge in [-0.1, -0.05) is 32.6 Å². The highest BCUT2D eigenvalue weighted by atomic mass is 32.2. The minimum absolute atomic E-state index is 0.458. The first-order chi connectivity index (χ1) is 7.74. The van der Waals surface area contributed by atoms with Gasteiger partial charge < -0.3 is 5.32 Å². The van der Waals surface area contributed by atoms with Crippen LogP contribution < -0.4 is 5.32 Å². The van der Waals surface area contributed by atoms with Crippen LogP contribution in [0.15, 0.2) is 0 Å². The molecule has 16 heavy (non-hydrogen) atoms. The predicted molar refractivity (Wildman–Crippen MR) is 73.9 cm³/mol. The Labute approximate surface area is 105 Å². The van der Waals surface area contributed by atoms with Crippen LogP contribution in [0.4, 0.5) is 0 Å². The first-order valence-electron chi connectivity index (χ1n) is 7.16. The topological polar surface area (TPSA) is 12.0 Å². The second kappa shape index (κ2) is 5.77. The molecule has 94 valence electrons. The molecule has 0 amide bonds. The maximum Gasteiger partial charge on any atom is 0.0647 e. The Hall–Kier alpha value is 0.310. The number of nitrogens with one attached hydrogen (secondary N) is 1. The normalized spacial score (nSPS) is 40.9. The predicted octanol–water partition coefficient (Wildman–Crippen LogP) is 4.18. The minimum atomic E-state index is 0.458. The lowest BCUT2D eigenvalue weighted by molar-refractivity contribution is 0.344. The lowest BCUT2D eigenvalue weighted by atomic mass is 9.95. The van der Waals surface area contributed by atoms with Gasteiger partial charge in [0.05, 0.1) is 4.87 Å². The maximum atomic E-state index is 3.90. The van der Waals surface area contributed by atoms with E-state index in [0.717, 1.165) is 12.0 Å². The smallest absolute Gasteiger partial charge is 0.0647 e. The molecule has 1 heterocycles. The molecule has 1 spiro atoms. The van der Waals surface area contributed by atoms with Crippen LogP contribution in [0, 0.1) is 5.92 Å². The van der Waals surface area contributed by atoms with Gasteiger partial charge in [0.25, 0.3) is 0 Å². The zero-order valence-electron chi connectivity index (χ0n) is 10.9. The zero-order chi connectivity index (χ0) is 11.4. The molecule has 1 saturated heterocycles. The highest BCUT2D eigenvalue weighted by molar-refractivity contribution is 8.00. The average Bonchev–Trinajstić information content (AvgIpc) is 2.43. The molecule has 3 unspecified atom stereocenters. The standard InChI is InChI=1S/C14H27NS/c1-3-5-13-6-4-9-14(10-7-13)15-12(2)8-11-16-14/h12-13,15H,3-11H2,1-2H3. The van der Waals surface area contributed by atoms with Crippen molar-refractivity contribution >= 4 is 11.8 Å². The van der Waals surface area contributed by atoms with Gasteiger partial charge in [0.1, 0.15) is 0 Å². The summed E-state index contributed by atoms with van der Waals surface area (Å²) >= 11 is 2.21. The van der Waals surface area contributed by atoms with Crippen molar-refractivity contribution in [1.29, 1.82) is 0 Å². The zero-order valence-corrected chi connectivity index (χ0v) is 11.7. The highest BCUT2D eigenvalue weighted by Gasteiger charge is 2.36. The Morgan fingerprint density at radius 2 is 2.12 bits per heavy atom. The lowest BCUT2D eigenvalue weighted by Crippen LogP contribution is -2.50. The average molecular weight is 241 g/mol. The second-order valence-electron chi connectivity index (χ2n) is 5.76. The summed E-state index contributed by atoms with van der Waals surface area (Å²) in [6.45, 7) is 4.69. The van der Waals surface area contributed by atoms with E-state index in [-0.39, 0.29) is 0 Å². The monoisotopic (exact) mass is 241 g/mol. The molecule has 1 nitrogen and oxygen atoms in total. The van der Waals surface area contributed by atoms with E-state index in [9.17, 15) is 0 Å². The maximum absolute atomic E-state index is 3.90. The Kier molecular flexibility index (Phi) is 4.60. The van der Waals surface area contributed by atoms with Crippen LogP contribution in [-0.2, 0) is 0 Å². The summed E-state index contributed by atoms with van der Waals surface area (Å²) < 4.78 is 0. The van der Waals surface area contributed by atoms with Crippen LogP contribution in [0.25, 0.3) is 0 Å². The molecule has 3 atom stereocenters. The molecule has 1 N–H and O–H groups in total. The largest absolute Gasteiger partial charge is 0.300 e. The summed E-state index contributed by atoms with van der Waals surface area (Å²) in [6.07, 6.45) is 11.4. The van der Waals surface area contributed by atoms with E-state index in [4.69, 9.17) is 0 Å². The third kappa shape index (κ3) is 3.16. The molecule has 2 rings (SSSR count). The van der Waals surface area contributed by atoms with E-state index >= 15 is 0 Å². The van der Waals surface area contributed by atoms with Gasteiger partial charge in [-0.15, -0.1) is 11.8 Å². The third-order valence-electron chi connectivity index (χ3n) is 4.29. The summed E-state index contributed by atoms with van der Waals surface area (Å²) in [4.78, 5) is 0.458. The van der Waals surface area contributed by atoms with E-state index in [1.807, 2.05) is 0 Å². The van der Waals surface area contributed by atoms with Crippen molar-refractivity contribution in [2.75, 3.05) is 5.75 Å². The summed E-state index contributed by atoms with van der Waals surface area (Å²) in [5.74, 6) is 2.39. The lowest BCUT2D eigenvalue weighted by Gasteiger charge is -2.40. The van der Waals surface area contributed by atoms with Crippen LogP contribution in [0.5, 0.6) is 0 Å². The minimum Gasteiger partial charge on any atom is -0.300 e. The van der Waals surface area contributed by atoms with Crippen molar-refractivity contribution < 1.29 is 0 Å². The Bertz CT molecular complexity index is 219. The van der Waals surface area contributed by atoms with Gasteiger partial charge in [-0.25, -0.2) is 0 Å². The molecule has 1 saturated carbocycles. The fourth-order valence-corrected chi connectivity index (χ4v) is 5.06. The Morgan fingerprint density at radius 3 is 2.88 bits per heavy atom. The molecule has 0 aromatic heterocycles. The molecule has 0 bridgehead atoms. The molecule has 2 heteroatoms. The van der Waals surface area contributed by atoms with E-state index in [0.29, 0.717) is 4.87 Å². The first kappa shape index (κ1) is 12.8. The van der Waals surface area contributed by atoms with Gasteiger partial charge >= 0.3 is 0 Å². The van der Waals surface area contributed by atoms with Crippen LogP contribution in [0.3, 0.4) is 0 Å². The molecule has 2 aliphatic rings. The van der Waals surface area contributed by atoms with Crippen LogP contribution in [0.1, 0.15) is 65.2 Å². The van der Waals surface area contributed by atoms with Gasteiger partial charge in [0, 0.05) is 6.04 Å². The molecule has 0 aromatic rings. The molecule has 1 aliphatic heterocycles. The van der Waals surface area contributed by atoms with E-state index in [1.54, 1.807) is 0 Å². The van der Waals surface area contributed by atoms with Gasteiger partial charge in [-0.05, 0) is 44.3 Å². The number of hydrogen-bond acceptors (Lipinski definition) is 2. The molecule has 0 radical (unpaired) electrons. The summed E-state index contributed by atoms with van der Waals surface area (Å²) in [7, 11) is 0. The summed E-state index contributed by atoms with van der Waals surface area (Å²) in [5, 5.41) is 3.90. The van der Waals surface area contributed by atoms with Crippen molar-refractivity contribution in [3.63, 3.8) is 0 Å². The van der Waals surface area contributed by atoms with Gasteiger partial charge in [0.15, 0.2) is 0 Å². The molecule has 0 aromatic carbocycles. The van der Waals surface area contributed by atoms with Gasteiger partial charge in [-0.3, -0.25) is 0 Å². The number of rotatable bonds is 2. The van der Waals surface area contributed by atoms with Crippen molar-refractivity contribution in [3.05, 3.63) is 0 Å². The van der Waals surface area contributed by atoms with E-state index in [1.165, 1.54) is 57.1 Å². The van der Waals surface area contributed by atoms with E-state index in [2.05, 4.69) is 30.9 Å². The SMILES string of the molecule is CCCC1CCCC2(CC1)NC(C)CCS2. The van der Waals surface area contributed by atoms with Crippen molar-refractivity contribution in [3.8, 4) is 0 Å². The molecule has 1 aliphatic carbocycles. The molecular weight excluding hydrogens is 214 g/mol. The third-order valence-corrected chi connectivity index (χ3v) is 5.80. The second-order valence-corrected chi connectivity index (χ2v) is 7.24. The van der Waals surface area contributed by atoms with Gasteiger partial charge in [-0.2, -0.15) is 0 Å². The quantitative estimate of drug-likeness (QED) is 0.778.